The zero-order valence-electron chi connectivity index (χ0n) is 19.4. The Kier molecular flexibility index (Phi) is 12.0. The molecule has 0 aromatic heterocycles. The van der Waals surface area contributed by atoms with Crippen molar-refractivity contribution in [1.82, 2.24) is 0 Å². The zero-order chi connectivity index (χ0) is 21.1. The molecule has 0 bridgehead atoms. The first-order valence-corrected chi connectivity index (χ1v) is 13.2. The fourth-order valence-corrected chi connectivity index (χ4v) is 4.70. The van der Waals surface area contributed by atoms with E-state index in [0.717, 1.165) is 0 Å². The molecule has 3 aromatic rings. The fourth-order valence-electron chi connectivity index (χ4n) is 3.87. The first-order valence-electron chi connectivity index (χ1n) is 10.6. The molecule has 0 fully saturated rings. The maximum atomic E-state index is 4.08. The molecule has 5 rings (SSSR count). The number of rotatable bonds is 3. The minimum Gasteiger partial charge on any atom is -1.00 e. The van der Waals surface area contributed by atoms with Crippen molar-refractivity contribution in [1.29, 1.82) is 0 Å². The fraction of sp³-hybridized carbons (Fsp3) is 0.179. The van der Waals surface area contributed by atoms with Crippen molar-refractivity contribution in [2.75, 3.05) is 0 Å². The van der Waals surface area contributed by atoms with Gasteiger partial charge in [0, 0.05) is 32.0 Å². The van der Waals surface area contributed by atoms with Gasteiger partial charge in [-0.3, -0.25) is 4.99 Å². The summed E-state index contributed by atoms with van der Waals surface area (Å²) in [6, 6.07) is 21.8. The second-order valence-electron chi connectivity index (χ2n) is 8.45. The number of halogens is 2. The van der Waals surface area contributed by atoms with Gasteiger partial charge in [0.2, 0.25) is 0 Å². The molecule has 1 aliphatic carbocycles. The summed E-state index contributed by atoms with van der Waals surface area (Å²) >= 11 is 0. The summed E-state index contributed by atoms with van der Waals surface area (Å²) in [5.74, 6) is 0.584. The predicted molar refractivity (Wildman–Crippen MR) is 135 cm³/mol. The van der Waals surface area contributed by atoms with Crippen molar-refractivity contribution in [2.24, 2.45) is 4.99 Å². The second-order valence-corrected chi connectivity index (χ2v) is 10.9. The average Bonchev–Trinajstić information content (AvgIpc) is 3.42. The number of hydrogen-bond donors (Lipinski definition) is 0. The van der Waals surface area contributed by atoms with Crippen LogP contribution in [0, 0.1) is 0 Å². The van der Waals surface area contributed by atoms with Crippen molar-refractivity contribution in [3.63, 3.8) is 0 Å². The van der Waals surface area contributed by atoms with Crippen LogP contribution in [0.25, 0.3) is 21.9 Å². The van der Waals surface area contributed by atoms with Gasteiger partial charge in [0.15, 0.2) is 0 Å². The van der Waals surface area contributed by atoms with E-state index in [1.54, 1.807) is 0 Å². The Balaban J connectivity index is 0.000000322. The summed E-state index contributed by atoms with van der Waals surface area (Å²) in [5.41, 5.74) is 10.3. The summed E-state index contributed by atoms with van der Waals surface area (Å²) in [4.78, 5) is 4.08. The molecule has 33 heavy (non-hydrogen) atoms. The molecule has 1 radical (unpaired) electrons. The van der Waals surface area contributed by atoms with Crippen LogP contribution in [-0.2, 0) is 26.2 Å². The number of hydrogen-bond acceptors (Lipinski definition) is 1. The van der Waals surface area contributed by atoms with Crippen LogP contribution < -0.4 is 24.8 Å². The van der Waals surface area contributed by atoms with E-state index in [1.807, 2.05) is 12.4 Å². The molecule has 2 aliphatic rings. The van der Waals surface area contributed by atoms with Gasteiger partial charge in [-0.15, -0.1) is 34.5 Å². The second kappa shape index (κ2) is 13.4. The molecule has 0 N–H and O–H groups in total. The predicted octanol–water partition coefficient (Wildman–Crippen LogP) is 1.31. The molecule has 5 heteroatoms. The molecule has 1 nitrogen and oxygen atoms in total. The van der Waals surface area contributed by atoms with Gasteiger partial charge in [-0.2, -0.15) is 6.07 Å². The summed E-state index contributed by atoms with van der Waals surface area (Å²) in [6.45, 7) is 9.08. The van der Waals surface area contributed by atoms with E-state index >= 15 is 0 Å². The molecular weight excluding hydrogens is 541 g/mol. The smallest absolute Gasteiger partial charge is 1.00 e. The monoisotopic (exact) mass is 566 g/mol. The maximum absolute atomic E-state index is 4.08. The minimum absolute atomic E-state index is 0. The van der Waals surface area contributed by atoms with E-state index in [2.05, 4.69) is 110 Å². The van der Waals surface area contributed by atoms with Gasteiger partial charge in [-0.25, -0.2) is 0 Å². The van der Waals surface area contributed by atoms with Crippen LogP contribution in [0.1, 0.15) is 25.3 Å². The third-order valence-corrected chi connectivity index (χ3v) is 6.30. The van der Waals surface area contributed by atoms with Gasteiger partial charge >= 0.3 is 26.2 Å². The van der Waals surface area contributed by atoms with Crippen LogP contribution in [0.15, 0.2) is 101 Å². The van der Waals surface area contributed by atoms with Crippen molar-refractivity contribution in [3.05, 3.63) is 101 Å². The largest absolute Gasteiger partial charge is 3.00 e. The summed E-state index contributed by atoms with van der Waals surface area (Å²) in [6.07, 6.45) is 8.26. The molecule has 0 amide bonds. The van der Waals surface area contributed by atoms with Crippen LogP contribution in [0.3, 0.4) is 0 Å². The number of nitrogens with zero attached hydrogens (tertiary/aromatic N) is 1. The normalized spacial score (nSPS) is 12.8. The van der Waals surface area contributed by atoms with Gasteiger partial charge in [0.1, 0.15) is 0 Å². The number of allylic oxidation sites excluding steroid dienone is 5. The topological polar surface area (TPSA) is 12.4 Å². The van der Waals surface area contributed by atoms with Crippen LogP contribution in [0.4, 0.5) is 0 Å². The van der Waals surface area contributed by atoms with Crippen molar-refractivity contribution in [3.8, 4) is 11.1 Å². The van der Waals surface area contributed by atoms with Gasteiger partial charge in [0.05, 0.1) is 0 Å². The van der Waals surface area contributed by atoms with Crippen molar-refractivity contribution in [2.45, 2.75) is 32.9 Å². The standard InChI is InChI=1S/C18H17.C10H11NSi.2ClH.Zr/c1-13(2)16-11-15-9-6-10-17(18(15)12-16)14-7-4-3-5-8-14;1-12(2)7-8-3-9-5-11-6-10(9)4-8;;;/h3-13H,1-2H3;3-7H,1-2H3;2*1H;/q-1;;;;+3/p-2. The molecule has 0 atom stereocenters. The van der Waals surface area contributed by atoms with Gasteiger partial charge in [-0.1, -0.05) is 74.6 Å². The molecular formula is C28H28Cl2NSiZr. The van der Waals surface area contributed by atoms with Crippen molar-refractivity contribution < 1.29 is 51.0 Å². The summed E-state index contributed by atoms with van der Waals surface area (Å²) < 4.78 is 0. The van der Waals surface area contributed by atoms with E-state index in [0.29, 0.717) is 5.92 Å². The van der Waals surface area contributed by atoms with Crippen LogP contribution in [0.5, 0.6) is 0 Å². The minimum atomic E-state index is -0.257. The van der Waals surface area contributed by atoms with Crippen molar-refractivity contribution >= 4 is 31.1 Å². The first kappa shape index (κ1) is 29.5. The average molecular weight is 569 g/mol. The third kappa shape index (κ3) is 7.23. The zero-order valence-corrected chi connectivity index (χ0v) is 24.4. The number of aliphatic imine (C=N–C) groups is 1. The van der Waals surface area contributed by atoms with E-state index in [9.17, 15) is 0 Å². The van der Waals surface area contributed by atoms with E-state index in [1.165, 1.54) is 44.2 Å². The molecule has 1 aliphatic heterocycles. The molecule has 0 unspecified atom stereocenters. The van der Waals surface area contributed by atoms with Crippen LogP contribution in [0.2, 0.25) is 13.1 Å². The molecule has 3 aromatic carbocycles. The van der Waals surface area contributed by atoms with E-state index < -0.39 is 0 Å². The Morgan fingerprint density at radius 2 is 1.64 bits per heavy atom. The summed E-state index contributed by atoms with van der Waals surface area (Å²) in [7, 11) is -0.257. The Morgan fingerprint density at radius 3 is 2.27 bits per heavy atom. The number of benzene rings is 2. The molecule has 0 spiro atoms. The molecule has 167 valence electrons. The summed E-state index contributed by atoms with van der Waals surface area (Å²) in [5, 5.41) is 2.72. The molecule has 0 saturated carbocycles. The van der Waals surface area contributed by atoms with Gasteiger partial charge in [0.25, 0.3) is 0 Å². The van der Waals surface area contributed by atoms with E-state index in [4.69, 9.17) is 0 Å². The third-order valence-electron chi connectivity index (χ3n) is 5.38. The Bertz CT molecular complexity index is 1230. The maximum Gasteiger partial charge on any atom is 3.00 e. The Hall–Kier alpha value is -1.51. The first-order chi connectivity index (χ1) is 14.5. The number of fused-ring (bicyclic) bond motifs is 2. The quantitative estimate of drug-likeness (QED) is 0.334. The Morgan fingerprint density at radius 1 is 0.909 bits per heavy atom. The SMILES string of the molecule is CC(C)c1cc2c(-c3ccccc3)cccc2[cH-]1.C[Si](C)=CC1=CC2=CN=CC2=C1.[Cl-].[Cl-].[Zr+3]. The molecule has 1 heterocycles. The van der Waals surface area contributed by atoms with Gasteiger partial charge < -0.3 is 24.8 Å². The Labute approximate surface area is 230 Å². The van der Waals surface area contributed by atoms with E-state index in [-0.39, 0.29) is 59.4 Å². The van der Waals surface area contributed by atoms with Crippen LogP contribution >= 0.6 is 0 Å². The molecule has 0 saturated heterocycles. The van der Waals surface area contributed by atoms with Gasteiger partial charge in [-0.05, 0) is 29.2 Å². The van der Waals surface area contributed by atoms with Crippen LogP contribution in [-0.4, -0.2) is 20.3 Å².